The van der Waals surface area contributed by atoms with E-state index >= 15 is 0 Å². The van der Waals surface area contributed by atoms with Crippen LogP contribution in [-0.2, 0) is 17.0 Å². The third-order valence-electron chi connectivity index (χ3n) is 4.56. The summed E-state index contributed by atoms with van der Waals surface area (Å²) in [6, 6.07) is 17.2. The van der Waals surface area contributed by atoms with Crippen LogP contribution in [0.4, 0.5) is 5.69 Å². The lowest BCUT2D eigenvalue weighted by Crippen LogP contribution is -2.11. The fraction of sp³-hybridized carbons (Fsp3) is 0.273. The molecule has 0 aliphatic rings. The SMILES string of the molecule is COCCn1c(SCc2ccc(C(=O)Nc3ccccc3)cc2)nc(C)c1C. The van der Waals surface area contributed by atoms with Crippen molar-refractivity contribution in [2.75, 3.05) is 19.0 Å². The van der Waals surface area contributed by atoms with Crippen molar-refractivity contribution in [1.29, 1.82) is 0 Å². The number of nitrogens with zero attached hydrogens (tertiary/aromatic N) is 2. The molecule has 2 aromatic carbocycles. The normalized spacial score (nSPS) is 10.8. The van der Waals surface area contributed by atoms with Crippen molar-refractivity contribution < 1.29 is 9.53 Å². The van der Waals surface area contributed by atoms with Gasteiger partial charge in [0.25, 0.3) is 5.91 Å². The van der Waals surface area contributed by atoms with E-state index in [1.165, 1.54) is 5.69 Å². The van der Waals surface area contributed by atoms with Gasteiger partial charge in [0.1, 0.15) is 0 Å². The maximum absolute atomic E-state index is 12.3. The minimum absolute atomic E-state index is 0.105. The molecule has 0 radical (unpaired) electrons. The van der Waals surface area contributed by atoms with Crippen molar-refractivity contribution in [3.63, 3.8) is 0 Å². The number of ether oxygens (including phenoxy) is 1. The summed E-state index contributed by atoms with van der Waals surface area (Å²) in [4.78, 5) is 17.0. The van der Waals surface area contributed by atoms with Gasteiger partial charge < -0.3 is 14.6 Å². The van der Waals surface area contributed by atoms with Gasteiger partial charge in [0.05, 0.1) is 12.3 Å². The van der Waals surface area contributed by atoms with Crippen LogP contribution in [0.5, 0.6) is 0 Å². The summed E-state index contributed by atoms with van der Waals surface area (Å²) in [6.45, 7) is 5.57. The van der Waals surface area contributed by atoms with Gasteiger partial charge in [-0.3, -0.25) is 4.79 Å². The number of aromatic nitrogens is 2. The molecule has 0 saturated heterocycles. The van der Waals surface area contributed by atoms with Crippen LogP contribution in [0, 0.1) is 13.8 Å². The Kier molecular flexibility index (Phi) is 6.90. The van der Waals surface area contributed by atoms with Crippen LogP contribution in [0.2, 0.25) is 0 Å². The van der Waals surface area contributed by atoms with Crippen LogP contribution in [-0.4, -0.2) is 29.2 Å². The highest BCUT2D eigenvalue weighted by Gasteiger charge is 2.12. The van der Waals surface area contributed by atoms with Crippen LogP contribution >= 0.6 is 11.8 Å². The molecule has 6 heteroatoms. The third-order valence-corrected chi connectivity index (χ3v) is 5.61. The molecule has 5 nitrogen and oxygen atoms in total. The molecule has 0 aliphatic carbocycles. The summed E-state index contributed by atoms with van der Waals surface area (Å²) in [7, 11) is 1.71. The number of rotatable bonds is 8. The molecule has 1 heterocycles. The van der Waals surface area contributed by atoms with Crippen molar-refractivity contribution in [1.82, 2.24) is 9.55 Å². The van der Waals surface area contributed by atoms with Gasteiger partial charge in [0.2, 0.25) is 0 Å². The van der Waals surface area contributed by atoms with Crippen molar-refractivity contribution >= 4 is 23.4 Å². The zero-order valence-electron chi connectivity index (χ0n) is 16.4. The number of imidazole rings is 1. The van der Waals surface area contributed by atoms with Crippen LogP contribution < -0.4 is 5.32 Å². The predicted molar refractivity (Wildman–Crippen MR) is 114 cm³/mol. The highest BCUT2D eigenvalue weighted by atomic mass is 32.2. The molecule has 3 rings (SSSR count). The Labute approximate surface area is 170 Å². The quantitative estimate of drug-likeness (QED) is 0.562. The fourth-order valence-corrected chi connectivity index (χ4v) is 3.88. The van der Waals surface area contributed by atoms with Gasteiger partial charge in [-0.25, -0.2) is 4.98 Å². The van der Waals surface area contributed by atoms with Crippen molar-refractivity contribution in [2.24, 2.45) is 0 Å². The molecule has 0 aliphatic heterocycles. The molecule has 0 spiro atoms. The first kappa shape index (κ1) is 20.2. The van der Waals surface area contributed by atoms with E-state index in [0.717, 1.165) is 34.4 Å². The average molecular weight is 396 g/mol. The number of nitrogens with one attached hydrogen (secondary N) is 1. The summed E-state index contributed by atoms with van der Waals surface area (Å²) < 4.78 is 7.41. The summed E-state index contributed by atoms with van der Waals surface area (Å²) in [5.41, 5.74) is 4.81. The number of carbonyl (C=O) groups is 1. The number of para-hydroxylation sites is 1. The third kappa shape index (κ3) is 5.03. The molecular formula is C22H25N3O2S. The van der Waals surface area contributed by atoms with E-state index in [-0.39, 0.29) is 5.91 Å². The molecule has 0 fully saturated rings. The first-order chi connectivity index (χ1) is 13.6. The van der Waals surface area contributed by atoms with Crippen LogP contribution in [0.15, 0.2) is 59.8 Å². The number of anilines is 1. The Balaban J connectivity index is 1.62. The smallest absolute Gasteiger partial charge is 0.255 e. The van der Waals surface area contributed by atoms with E-state index in [1.54, 1.807) is 18.9 Å². The van der Waals surface area contributed by atoms with Gasteiger partial charge in [-0.05, 0) is 43.7 Å². The molecule has 0 bridgehead atoms. The molecular weight excluding hydrogens is 370 g/mol. The van der Waals surface area contributed by atoms with E-state index in [2.05, 4.69) is 21.8 Å². The Morgan fingerprint density at radius 3 is 2.50 bits per heavy atom. The molecule has 28 heavy (non-hydrogen) atoms. The van der Waals surface area contributed by atoms with Crippen molar-refractivity contribution in [2.45, 2.75) is 31.3 Å². The molecule has 146 valence electrons. The Morgan fingerprint density at radius 1 is 1.11 bits per heavy atom. The summed E-state index contributed by atoms with van der Waals surface area (Å²) in [5.74, 6) is 0.690. The maximum atomic E-state index is 12.3. The second-order valence-corrected chi connectivity index (χ2v) is 7.46. The average Bonchev–Trinajstić information content (AvgIpc) is 2.99. The first-order valence-electron chi connectivity index (χ1n) is 9.19. The van der Waals surface area contributed by atoms with Gasteiger partial charge in [0.15, 0.2) is 5.16 Å². The summed E-state index contributed by atoms with van der Waals surface area (Å²) in [5, 5.41) is 3.90. The Bertz CT molecular complexity index is 921. The summed E-state index contributed by atoms with van der Waals surface area (Å²) >= 11 is 1.70. The van der Waals surface area contributed by atoms with E-state index in [9.17, 15) is 4.79 Å². The Hall–Kier alpha value is -2.57. The monoisotopic (exact) mass is 395 g/mol. The minimum atomic E-state index is -0.105. The molecule has 1 aromatic heterocycles. The van der Waals surface area contributed by atoms with E-state index in [4.69, 9.17) is 4.74 Å². The minimum Gasteiger partial charge on any atom is -0.383 e. The summed E-state index contributed by atoms with van der Waals surface area (Å²) in [6.07, 6.45) is 0. The van der Waals surface area contributed by atoms with Crippen LogP contribution in [0.1, 0.15) is 27.3 Å². The number of thioether (sulfide) groups is 1. The highest BCUT2D eigenvalue weighted by Crippen LogP contribution is 2.25. The lowest BCUT2D eigenvalue weighted by Gasteiger charge is -2.09. The van der Waals surface area contributed by atoms with Crippen LogP contribution in [0.3, 0.4) is 0 Å². The highest BCUT2D eigenvalue weighted by molar-refractivity contribution is 7.98. The van der Waals surface area contributed by atoms with Crippen LogP contribution in [0.25, 0.3) is 0 Å². The van der Waals surface area contributed by atoms with E-state index < -0.39 is 0 Å². The number of carbonyl (C=O) groups excluding carboxylic acids is 1. The van der Waals surface area contributed by atoms with E-state index in [0.29, 0.717) is 12.2 Å². The van der Waals surface area contributed by atoms with Crippen molar-refractivity contribution in [3.05, 3.63) is 77.1 Å². The molecule has 0 saturated carbocycles. The van der Waals surface area contributed by atoms with Gasteiger partial charge >= 0.3 is 0 Å². The second-order valence-electron chi connectivity index (χ2n) is 6.52. The Morgan fingerprint density at radius 2 is 1.82 bits per heavy atom. The second kappa shape index (κ2) is 9.57. The van der Waals surface area contributed by atoms with Gasteiger partial charge in [0, 0.05) is 36.4 Å². The van der Waals surface area contributed by atoms with Gasteiger partial charge in [-0.2, -0.15) is 0 Å². The maximum Gasteiger partial charge on any atom is 0.255 e. The number of hydrogen-bond acceptors (Lipinski definition) is 4. The molecule has 0 unspecified atom stereocenters. The number of hydrogen-bond donors (Lipinski definition) is 1. The lowest BCUT2D eigenvalue weighted by molar-refractivity contribution is 0.102. The zero-order chi connectivity index (χ0) is 19.9. The first-order valence-corrected chi connectivity index (χ1v) is 10.2. The largest absolute Gasteiger partial charge is 0.383 e. The fourth-order valence-electron chi connectivity index (χ4n) is 2.80. The van der Waals surface area contributed by atoms with Gasteiger partial charge in [-0.1, -0.05) is 42.1 Å². The van der Waals surface area contributed by atoms with E-state index in [1.807, 2.05) is 61.5 Å². The number of amides is 1. The molecule has 0 atom stereocenters. The lowest BCUT2D eigenvalue weighted by atomic mass is 10.1. The molecule has 3 aromatic rings. The predicted octanol–water partition coefficient (Wildman–Crippen LogP) is 4.69. The number of methoxy groups -OCH3 is 1. The standard InChI is InChI=1S/C22H25N3O2S/c1-16-17(2)25(13-14-27-3)22(23-16)28-15-18-9-11-19(12-10-18)21(26)24-20-7-5-4-6-8-20/h4-12H,13-15H2,1-3H3,(H,24,26). The topological polar surface area (TPSA) is 56.1 Å². The van der Waals surface area contributed by atoms with Gasteiger partial charge in [-0.15, -0.1) is 0 Å². The number of aryl methyl sites for hydroxylation is 1. The zero-order valence-corrected chi connectivity index (χ0v) is 17.3. The van der Waals surface area contributed by atoms with Crippen molar-refractivity contribution in [3.8, 4) is 0 Å². The number of benzene rings is 2. The molecule has 1 N–H and O–H groups in total. The molecule has 1 amide bonds.